The number of hydrogen-bond donors (Lipinski definition) is 0. The molecule has 28 heavy (non-hydrogen) atoms. The van der Waals surface area contributed by atoms with Crippen LogP contribution >= 0.6 is 0 Å². The first kappa shape index (κ1) is 19.4. The van der Waals surface area contributed by atoms with E-state index in [1.807, 2.05) is 98.8 Å². The predicted molar refractivity (Wildman–Crippen MR) is 115 cm³/mol. The number of benzene rings is 3. The summed E-state index contributed by atoms with van der Waals surface area (Å²) in [4.78, 5) is 9.33. The van der Waals surface area contributed by atoms with Crippen LogP contribution in [0.15, 0.2) is 94.9 Å². The van der Waals surface area contributed by atoms with Crippen molar-refractivity contribution in [2.45, 2.75) is 13.8 Å². The maximum atomic E-state index is 5.81. The van der Waals surface area contributed by atoms with Crippen LogP contribution in [-0.4, -0.2) is 25.0 Å². The molecule has 3 aromatic rings. The van der Waals surface area contributed by atoms with E-state index in [1.54, 1.807) is 0 Å². The van der Waals surface area contributed by atoms with Crippen molar-refractivity contribution in [3.8, 4) is 0 Å². The Morgan fingerprint density at radius 3 is 1.43 bits per heavy atom. The van der Waals surface area contributed by atoms with E-state index < -0.39 is 0 Å². The summed E-state index contributed by atoms with van der Waals surface area (Å²) in [6.07, 6.45) is 0. The van der Waals surface area contributed by atoms with E-state index in [-0.39, 0.29) is 0 Å². The Kier molecular flexibility index (Phi) is 6.96. The lowest BCUT2D eigenvalue weighted by atomic mass is 10.1. The summed E-state index contributed by atoms with van der Waals surface area (Å²) in [7, 11) is 0. The second-order valence-electron chi connectivity index (χ2n) is 5.95. The fourth-order valence-electron chi connectivity index (χ4n) is 2.66. The first-order chi connectivity index (χ1) is 13.8. The number of rotatable bonds is 6. The van der Waals surface area contributed by atoms with Crippen LogP contribution in [0.3, 0.4) is 0 Å². The monoisotopic (exact) mass is 372 g/mol. The second-order valence-corrected chi connectivity index (χ2v) is 5.95. The van der Waals surface area contributed by atoms with E-state index in [0.29, 0.717) is 25.0 Å². The van der Waals surface area contributed by atoms with Gasteiger partial charge in [-0.3, -0.25) is 0 Å². The highest BCUT2D eigenvalue weighted by atomic mass is 16.5. The summed E-state index contributed by atoms with van der Waals surface area (Å²) in [5, 5.41) is 0. The molecule has 0 spiro atoms. The average Bonchev–Trinajstić information content (AvgIpc) is 2.75. The van der Waals surface area contributed by atoms with Crippen LogP contribution in [0.25, 0.3) is 0 Å². The molecule has 0 saturated heterocycles. The maximum absolute atomic E-state index is 5.81. The van der Waals surface area contributed by atoms with Gasteiger partial charge in [-0.05, 0) is 56.3 Å². The van der Waals surface area contributed by atoms with Gasteiger partial charge in [0.05, 0.1) is 24.6 Å². The summed E-state index contributed by atoms with van der Waals surface area (Å²) in [5.74, 6) is 1.15. The van der Waals surface area contributed by atoms with Crippen molar-refractivity contribution in [1.82, 2.24) is 0 Å². The zero-order chi connectivity index (χ0) is 19.6. The molecule has 0 bridgehead atoms. The van der Waals surface area contributed by atoms with Gasteiger partial charge in [0.1, 0.15) is 0 Å². The molecule has 0 heterocycles. The van der Waals surface area contributed by atoms with E-state index in [9.17, 15) is 0 Å². The van der Waals surface area contributed by atoms with Gasteiger partial charge in [0, 0.05) is 11.1 Å². The third-order valence-corrected chi connectivity index (χ3v) is 3.89. The fraction of sp³-hybridized carbons (Fsp3) is 0.167. The number of aliphatic imine (C=N–C) groups is 2. The number of hydrogen-bond acceptors (Lipinski definition) is 4. The van der Waals surface area contributed by atoms with Gasteiger partial charge in [-0.2, -0.15) is 0 Å². The first-order valence-electron chi connectivity index (χ1n) is 9.44. The molecule has 3 aromatic carbocycles. The van der Waals surface area contributed by atoms with Gasteiger partial charge in [0.25, 0.3) is 0 Å². The van der Waals surface area contributed by atoms with E-state index in [4.69, 9.17) is 9.47 Å². The lowest BCUT2D eigenvalue weighted by Crippen LogP contribution is -2.10. The summed E-state index contributed by atoms with van der Waals surface area (Å²) in [6.45, 7) is 4.97. The third-order valence-electron chi connectivity index (χ3n) is 3.89. The molecule has 3 rings (SSSR count). The Morgan fingerprint density at radius 2 is 1.04 bits per heavy atom. The summed E-state index contributed by atoms with van der Waals surface area (Å²) < 4.78 is 11.6. The molecule has 0 fully saturated rings. The van der Waals surface area contributed by atoms with Gasteiger partial charge in [0.2, 0.25) is 11.8 Å². The molecule has 0 unspecified atom stereocenters. The zero-order valence-electron chi connectivity index (χ0n) is 16.2. The van der Waals surface area contributed by atoms with Crippen molar-refractivity contribution in [2.24, 2.45) is 9.98 Å². The molecule has 4 heteroatoms. The van der Waals surface area contributed by atoms with Gasteiger partial charge in [-0.15, -0.1) is 0 Å². The van der Waals surface area contributed by atoms with Crippen LogP contribution in [0, 0.1) is 0 Å². The van der Waals surface area contributed by atoms with Crippen molar-refractivity contribution >= 4 is 23.2 Å². The molecule has 0 radical (unpaired) electrons. The summed E-state index contributed by atoms with van der Waals surface area (Å²) >= 11 is 0. The minimum Gasteiger partial charge on any atom is -0.478 e. The van der Waals surface area contributed by atoms with Gasteiger partial charge in [0.15, 0.2) is 0 Å². The number of ether oxygens (including phenoxy) is 2. The maximum Gasteiger partial charge on any atom is 0.221 e. The fourth-order valence-corrected chi connectivity index (χ4v) is 2.66. The SMILES string of the molecule is CCO/C(=N\c1ccccc1)c1cccc(/C(=N/c2ccccc2)OCC)c1. The topological polar surface area (TPSA) is 43.2 Å². The summed E-state index contributed by atoms with van der Waals surface area (Å²) in [5.41, 5.74) is 3.45. The molecule has 0 N–H and O–H groups in total. The Balaban J connectivity index is 1.99. The Labute approximate surface area is 166 Å². The van der Waals surface area contributed by atoms with Gasteiger partial charge in [-0.25, -0.2) is 9.98 Å². The lowest BCUT2D eigenvalue weighted by Gasteiger charge is -2.11. The smallest absolute Gasteiger partial charge is 0.221 e. The molecule has 142 valence electrons. The third kappa shape index (κ3) is 5.30. The minimum atomic E-state index is 0.534. The molecule has 0 atom stereocenters. The molecule has 4 nitrogen and oxygen atoms in total. The van der Waals surface area contributed by atoms with Crippen molar-refractivity contribution in [2.75, 3.05) is 13.2 Å². The van der Waals surface area contributed by atoms with E-state index in [2.05, 4.69) is 9.98 Å². The van der Waals surface area contributed by atoms with Crippen LogP contribution < -0.4 is 0 Å². The van der Waals surface area contributed by atoms with Crippen molar-refractivity contribution in [1.29, 1.82) is 0 Å². The molecule has 0 aliphatic heterocycles. The standard InChI is InChI=1S/C24H24N2O2/c1-3-27-23(25-21-14-7-5-8-15-21)19-12-11-13-20(18-19)24(28-4-2)26-22-16-9-6-10-17-22/h5-18H,3-4H2,1-2H3/b25-23-,26-24-. The van der Waals surface area contributed by atoms with Crippen LogP contribution in [0.4, 0.5) is 11.4 Å². The van der Waals surface area contributed by atoms with Crippen LogP contribution in [0.1, 0.15) is 25.0 Å². The Hall–Kier alpha value is -3.40. The minimum absolute atomic E-state index is 0.534. The van der Waals surface area contributed by atoms with Crippen molar-refractivity contribution in [3.63, 3.8) is 0 Å². The highest BCUT2D eigenvalue weighted by molar-refractivity contribution is 6.01. The highest BCUT2D eigenvalue weighted by Crippen LogP contribution is 2.18. The normalized spacial score (nSPS) is 11.9. The molecule has 0 amide bonds. The van der Waals surface area contributed by atoms with Gasteiger partial charge in [-0.1, -0.05) is 42.5 Å². The van der Waals surface area contributed by atoms with Gasteiger partial charge >= 0.3 is 0 Å². The second kappa shape index (κ2) is 10.1. The number of nitrogens with zero attached hydrogens (tertiary/aromatic N) is 2. The molecule has 0 aliphatic carbocycles. The van der Waals surface area contributed by atoms with E-state index >= 15 is 0 Å². The van der Waals surface area contributed by atoms with Crippen LogP contribution in [0.5, 0.6) is 0 Å². The Morgan fingerprint density at radius 1 is 0.607 bits per heavy atom. The van der Waals surface area contributed by atoms with Crippen molar-refractivity contribution < 1.29 is 9.47 Å². The van der Waals surface area contributed by atoms with Crippen LogP contribution in [-0.2, 0) is 9.47 Å². The first-order valence-corrected chi connectivity index (χ1v) is 9.44. The van der Waals surface area contributed by atoms with Crippen LogP contribution in [0.2, 0.25) is 0 Å². The summed E-state index contributed by atoms with van der Waals surface area (Å²) in [6, 6.07) is 27.5. The molecular formula is C24H24N2O2. The largest absolute Gasteiger partial charge is 0.478 e. The molecule has 0 aromatic heterocycles. The lowest BCUT2D eigenvalue weighted by molar-refractivity contribution is 0.327. The van der Waals surface area contributed by atoms with Crippen molar-refractivity contribution in [3.05, 3.63) is 96.1 Å². The molecular weight excluding hydrogens is 348 g/mol. The number of para-hydroxylation sites is 2. The van der Waals surface area contributed by atoms with E-state index in [0.717, 1.165) is 22.5 Å². The van der Waals surface area contributed by atoms with E-state index in [1.165, 1.54) is 0 Å². The predicted octanol–water partition coefficient (Wildman–Crippen LogP) is 5.92. The highest BCUT2D eigenvalue weighted by Gasteiger charge is 2.11. The molecule has 0 aliphatic rings. The Bertz CT molecular complexity index is 860. The quantitative estimate of drug-likeness (QED) is 0.398. The molecule has 0 saturated carbocycles. The average molecular weight is 372 g/mol. The van der Waals surface area contributed by atoms with Gasteiger partial charge < -0.3 is 9.47 Å². The zero-order valence-corrected chi connectivity index (χ0v) is 16.2.